The SMILES string of the molecule is CC1(C)OB(c2cnc(Br)c(F)c2)OC1(C)C. The monoisotopic (exact) mass is 301 g/mol. The van der Waals surface area contributed by atoms with Crippen LogP contribution in [-0.2, 0) is 9.31 Å². The molecule has 1 saturated heterocycles. The molecule has 17 heavy (non-hydrogen) atoms. The largest absolute Gasteiger partial charge is 0.496 e. The van der Waals surface area contributed by atoms with Crippen molar-refractivity contribution in [2.24, 2.45) is 0 Å². The van der Waals surface area contributed by atoms with E-state index in [-0.39, 0.29) is 4.60 Å². The molecular formula is C11H14BBrFNO2. The van der Waals surface area contributed by atoms with E-state index in [1.807, 2.05) is 27.7 Å². The lowest BCUT2D eigenvalue weighted by Gasteiger charge is -2.32. The van der Waals surface area contributed by atoms with E-state index in [0.29, 0.717) is 5.46 Å². The summed E-state index contributed by atoms with van der Waals surface area (Å²) >= 11 is 3.02. The van der Waals surface area contributed by atoms with Crippen molar-refractivity contribution < 1.29 is 13.7 Å². The van der Waals surface area contributed by atoms with Gasteiger partial charge in [0.2, 0.25) is 0 Å². The number of hydrogen-bond donors (Lipinski definition) is 0. The van der Waals surface area contributed by atoms with E-state index in [1.54, 1.807) is 6.20 Å². The number of halogens is 2. The van der Waals surface area contributed by atoms with Crippen molar-refractivity contribution in [3.63, 3.8) is 0 Å². The van der Waals surface area contributed by atoms with Gasteiger partial charge in [0.25, 0.3) is 0 Å². The molecule has 0 N–H and O–H groups in total. The zero-order valence-electron chi connectivity index (χ0n) is 10.3. The maximum absolute atomic E-state index is 13.4. The molecule has 0 aromatic carbocycles. The lowest BCUT2D eigenvalue weighted by molar-refractivity contribution is 0.00578. The van der Waals surface area contributed by atoms with Crippen LogP contribution in [0.2, 0.25) is 0 Å². The lowest BCUT2D eigenvalue weighted by Crippen LogP contribution is -2.41. The van der Waals surface area contributed by atoms with Gasteiger partial charge in [-0.1, -0.05) is 0 Å². The number of pyridine rings is 1. The molecule has 1 aliphatic rings. The minimum Gasteiger partial charge on any atom is -0.399 e. The molecule has 0 atom stereocenters. The topological polar surface area (TPSA) is 31.4 Å². The number of aromatic nitrogens is 1. The summed E-state index contributed by atoms with van der Waals surface area (Å²) in [5.41, 5.74) is -0.271. The van der Waals surface area contributed by atoms with E-state index < -0.39 is 24.1 Å². The van der Waals surface area contributed by atoms with Gasteiger partial charge in [-0.2, -0.15) is 0 Å². The Balaban J connectivity index is 2.29. The average molecular weight is 302 g/mol. The third-order valence-electron chi connectivity index (χ3n) is 3.34. The van der Waals surface area contributed by atoms with E-state index in [0.717, 1.165) is 0 Å². The van der Waals surface area contributed by atoms with Crippen LogP contribution in [0.25, 0.3) is 0 Å². The summed E-state index contributed by atoms with van der Waals surface area (Å²) in [5.74, 6) is -0.419. The maximum atomic E-state index is 13.4. The Labute approximate surface area is 109 Å². The van der Waals surface area contributed by atoms with Crippen molar-refractivity contribution in [1.82, 2.24) is 4.98 Å². The third-order valence-corrected chi connectivity index (χ3v) is 3.93. The van der Waals surface area contributed by atoms with E-state index in [2.05, 4.69) is 20.9 Å². The molecular weight excluding hydrogens is 288 g/mol. The van der Waals surface area contributed by atoms with E-state index in [1.165, 1.54) is 6.07 Å². The van der Waals surface area contributed by atoms with Crippen molar-refractivity contribution in [3.8, 4) is 0 Å². The second-order valence-electron chi connectivity index (χ2n) is 5.13. The van der Waals surface area contributed by atoms with Crippen molar-refractivity contribution >= 4 is 28.5 Å². The van der Waals surface area contributed by atoms with Gasteiger partial charge in [0.15, 0.2) is 5.82 Å². The Kier molecular flexibility index (Phi) is 3.08. The Hall–Kier alpha value is -0.455. The highest BCUT2D eigenvalue weighted by molar-refractivity contribution is 9.10. The summed E-state index contributed by atoms with van der Waals surface area (Å²) in [4.78, 5) is 3.90. The van der Waals surface area contributed by atoms with Gasteiger partial charge in [-0.15, -0.1) is 0 Å². The fraction of sp³-hybridized carbons (Fsp3) is 0.545. The van der Waals surface area contributed by atoms with Crippen molar-refractivity contribution in [2.45, 2.75) is 38.9 Å². The van der Waals surface area contributed by atoms with Crippen LogP contribution >= 0.6 is 15.9 Å². The molecule has 2 heterocycles. The van der Waals surface area contributed by atoms with Crippen molar-refractivity contribution in [2.75, 3.05) is 0 Å². The molecule has 3 nitrogen and oxygen atoms in total. The summed E-state index contributed by atoms with van der Waals surface area (Å²) in [5, 5.41) is 0. The number of rotatable bonds is 1. The Morgan fingerprint density at radius 1 is 1.24 bits per heavy atom. The first kappa shape index (κ1) is 13.0. The first-order chi connectivity index (χ1) is 7.73. The second-order valence-corrected chi connectivity index (χ2v) is 5.88. The molecule has 1 fully saturated rings. The quantitative estimate of drug-likeness (QED) is 0.589. The van der Waals surface area contributed by atoms with Crippen LogP contribution in [0.3, 0.4) is 0 Å². The summed E-state index contributed by atoms with van der Waals surface area (Å²) in [6.45, 7) is 7.82. The highest BCUT2D eigenvalue weighted by Gasteiger charge is 2.51. The van der Waals surface area contributed by atoms with Crippen LogP contribution in [0.4, 0.5) is 4.39 Å². The Bertz CT molecular complexity index is 437. The van der Waals surface area contributed by atoms with Crippen molar-refractivity contribution in [1.29, 1.82) is 0 Å². The first-order valence-corrected chi connectivity index (χ1v) is 6.19. The van der Waals surface area contributed by atoms with Crippen LogP contribution in [0.15, 0.2) is 16.9 Å². The summed E-state index contributed by atoms with van der Waals surface area (Å²) in [7, 11) is -0.574. The Morgan fingerprint density at radius 2 is 1.76 bits per heavy atom. The molecule has 6 heteroatoms. The van der Waals surface area contributed by atoms with E-state index >= 15 is 0 Å². The van der Waals surface area contributed by atoms with Gasteiger partial charge in [-0.25, -0.2) is 9.37 Å². The van der Waals surface area contributed by atoms with Gasteiger partial charge in [0.1, 0.15) is 4.60 Å². The summed E-state index contributed by atoms with van der Waals surface area (Å²) in [6.07, 6.45) is 1.55. The number of hydrogen-bond acceptors (Lipinski definition) is 3. The summed E-state index contributed by atoms with van der Waals surface area (Å²) in [6, 6.07) is 1.37. The average Bonchev–Trinajstić information content (AvgIpc) is 2.41. The molecule has 0 radical (unpaired) electrons. The summed E-state index contributed by atoms with van der Waals surface area (Å²) < 4.78 is 25.2. The van der Waals surface area contributed by atoms with E-state index in [4.69, 9.17) is 9.31 Å². The fourth-order valence-corrected chi connectivity index (χ4v) is 1.76. The molecule has 0 bridgehead atoms. The van der Waals surface area contributed by atoms with Crippen LogP contribution in [-0.4, -0.2) is 23.3 Å². The molecule has 0 saturated carbocycles. The predicted octanol–water partition coefficient (Wildman–Crippen LogP) is 2.28. The molecule has 1 aromatic rings. The standard InChI is InChI=1S/C11H14BBrFNO2/c1-10(2)11(3,4)17-12(16-10)7-5-8(14)9(13)15-6-7/h5-6H,1-4H3. The molecule has 0 unspecified atom stereocenters. The fourth-order valence-electron chi connectivity index (χ4n) is 1.54. The molecule has 1 aliphatic heterocycles. The first-order valence-electron chi connectivity index (χ1n) is 5.39. The smallest absolute Gasteiger partial charge is 0.399 e. The van der Waals surface area contributed by atoms with Crippen LogP contribution in [0, 0.1) is 5.82 Å². The minimum atomic E-state index is -0.574. The molecule has 92 valence electrons. The minimum absolute atomic E-state index is 0.192. The van der Waals surface area contributed by atoms with Crippen LogP contribution in [0.1, 0.15) is 27.7 Å². The normalized spacial score (nSPS) is 21.9. The van der Waals surface area contributed by atoms with Crippen molar-refractivity contribution in [3.05, 3.63) is 22.7 Å². The van der Waals surface area contributed by atoms with Gasteiger partial charge >= 0.3 is 7.12 Å². The van der Waals surface area contributed by atoms with Gasteiger partial charge in [0.05, 0.1) is 11.2 Å². The highest BCUT2D eigenvalue weighted by atomic mass is 79.9. The van der Waals surface area contributed by atoms with Gasteiger partial charge in [-0.05, 0) is 49.7 Å². The van der Waals surface area contributed by atoms with E-state index in [9.17, 15) is 4.39 Å². The maximum Gasteiger partial charge on any atom is 0.496 e. The van der Waals surface area contributed by atoms with Crippen LogP contribution < -0.4 is 5.46 Å². The zero-order valence-corrected chi connectivity index (χ0v) is 11.8. The molecule has 0 spiro atoms. The molecule has 2 rings (SSSR count). The molecule has 0 amide bonds. The van der Waals surface area contributed by atoms with Crippen LogP contribution in [0.5, 0.6) is 0 Å². The van der Waals surface area contributed by atoms with Gasteiger partial charge in [-0.3, -0.25) is 0 Å². The lowest BCUT2D eigenvalue weighted by atomic mass is 9.80. The Morgan fingerprint density at radius 3 is 2.24 bits per heavy atom. The third kappa shape index (κ3) is 2.26. The number of nitrogens with zero attached hydrogens (tertiary/aromatic N) is 1. The van der Waals surface area contributed by atoms with Gasteiger partial charge < -0.3 is 9.31 Å². The highest BCUT2D eigenvalue weighted by Crippen LogP contribution is 2.36. The van der Waals surface area contributed by atoms with Gasteiger partial charge in [0, 0.05) is 11.7 Å². The molecule has 0 aliphatic carbocycles. The molecule has 1 aromatic heterocycles. The second kappa shape index (κ2) is 4.04. The predicted molar refractivity (Wildman–Crippen MR) is 67.6 cm³/mol. The zero-order chi connectivity index (χ0) is 12.8.